The van der Waals surface area contributed by atoms with Crippen LogP contribution in [0.4, 0.5) is 0 Å². The fourth-order valence-electron chi connectivity index (χ4n) is 2.81. The van der Waals surface area contributed by atoms with Crippen LogP contribution in [0.5, 0.6) is 5.75 Å². The largest absolute Gasteiger partial charge is 0.486 e. The van der Waals surface area contributed by atoms with Crippen LogP contribution in [0.2, 0.25) is 0 Å². The third-order valence-electron chi connectivity index (χ3n) is 4.64. The van der Waals surface area contributed by atoms with Gasteiger partial charge in [0.15, 0.2) is 5.82 Å². The van der Waals surface area contributed by atoms with Crippen molar-refractivity contribution in [3.05, 3.63) is 71.5 Å². The molecule has 2 N–H and O–H groups in total. The molecule has 1 atom stereocenters. The molecule has 3 aromatic rings. The number of likely N-dealkylation sites (N-methyl/N-ethyl adjacent to an activating group) is 1. The maximum atomic E-state index is 12.7. The second kappa shape index (κ2) is 9.67. The standard InChI is InChI=1S/C22H27N5O2S/c1-15(2)16-10-12-18(13-11-16)29-14-19-24-25-22(27(19)23)30-20(21(28)26(3)4)17-8-6-5-7-9-17/h5-13,15,20H,14,23H2,1-4H3/t20-/m0/s1. The van der Waals surface area contributed by atoms with E-state index in [1.54, 1.807) is 19.0 Å². The molecule has 0 radical (unpaired) electrons. The maximum absolute atomic E-state index is 12.7. The number of nitrogens with two attached hydrogens (primary N) is 1. The molecule has 0 saturated carbocycles. The third-order valence-corrected chi connectivity index (χ3v) is 5.84. The Kier molecular flexibility index (Phi) is 6.99. The number of hydrogen-bond acceptors (Lipinski definition) is 6. The molecule has 0 aliphatic heterocycles. The molecule has 30 heavy (non-hydrogen) atoms. The van der Waals surface area contributed by atoms with Crippen molar-refractivity contribution in [2.24, 2.45) is 0 Å². The zero-order chi connectivity index (χ0) is 21.7. The Morgan fingerprint density at radius 2 is 1.73 bits per heavy atom. The molecule has 1 heterocycles. The van der Waals surface area contributed by atoms with Gasteiger partial charge in [0.1, 0.15) is 17.6 Å². The lowest BCUT2D eigenvalue weighted by Crippen LogP contribution is -2.27. The summed E-state index contributed by atoms with van der Waals surface area (Å²) in [7, 11) is 3.46. The van der Waals surface area contributed by atoms with E-state index in [1.807, 2.05) is 54.6 Å². The Morgan fingerprint density at radius 1 is 1.07 bits per heavy atom. The molecule has 0 bridgehead atoms. The predicted octanol–water partition coefficient (Wildman–Crippen LogP) is 3.62. The van der Waals surface area contributed by atoms with E-state index >= 15 is 0 Å². The number of nitrogens with zero attached hydrogens (tertiary/aromatic N) is 4. The zero-order valence-corrected chi connectivity index (χ0v) is 18.5. The highest BCUT2D eigenvalue weighted by atomic mass is 32.2. The summed E-state index contributed by atoms with van der Waals surface area (Å²) in [5.74, 6) is 7.84. The molecule has 2 aromatic carbocycles. The number of thioether (sulfide) groups is 1. The van der Waals surface area contributed by atoms with E-state index < -0.39 is 5.25 Å². The minimum atomic E-state index is -0.468. The first kappa shape index (κ1) is 21.7. The molecule has 1 aromatic heterocycles. The van der Waals surface area contributed by atoms with Crippen molar-refractivity contribution in [3.8, 4) is 5.75 Å². The second-order valence-corrected chi connectivity index (χ2v) is 8.49. The number of nitrogen functional groups attached to an aromatic ring is 1. The summed E-state index contributed by atoms with van der Waals surface area (Å²) in [6.45, 7) is 4.48. The fraction of sp³-hybridized carbons (Fsp3) is 0.318. The number of benzene rings is 2. The number of aromatic nitrogens is 3. The Morgan fingerprint density at radius 3 is 2.33 bits per heavy atom. The van der Waals surface area contributed by atoms with Crippen LogP contribution in [-0.4, -0.2) is 39.8 Å². The molecule has 158 valence electrons. The first-order valence-corrected chi connectivity index (χ1v) is 10.6. The molecule has 0 saturated heterocycles. The summed E-state index contributed by atoms with van der Waals surface area (Å²) < 4.78 is 7.19. The van der Waals surface area contributed by atoms with Gasteiger partial charge in [-0.05, 0) is 29.2 Å². The molecule has 0 spiro atoms. The van der Waals surface area contributed by atoms with Gasteiger partial charge in [-0.15, -0.1) is 10.2 Å². The van der Waals surface area contributed by atoms with Gasteiger partial charge in [-0.2, -0.15) is 0 Å². The van der Waals surface area contributed by atoms with E-state index in [2.05, 4.69) is 24.0 Å². The molecule has 0 aliphatic rings. The molecule has 3 rings (SSSR count). The number of rotatable bonds is 8. The van der Waals surface area contributed by atoms with E-state index in [-0.39, 0.29) is 12.5 Å². The molecule has 7 nitrogen and oxygen atoms in total. The highest BCUT2D eigenvalue weighted by Crippen LogP contribution is 2.35. The van der Waals surface area contributed by atoms with Crippen LogP contribution in [0.1, 0.15) is 42.0 Å². The normalized spacial score (nSPS) is 12.0. The van der Waals surface area contributed by atoms with E-state index in [0.29, 0.717) is 16.9 Å². The third kappa shape index (κ3) is 5.13. The van der Waals surface area contributed by atoms with E-state index in [1.165, 1.54) is 22.0 Å². The summed E-state index contributed by atoms with van der Waals surface area (Å²) in [4.78, 5) is 14.3. The van der Waals surface area contributed by atoms with E-state index in [9.17, 15) is 4.79 Å². The fourth-order valence-corrected chi connectivity index (χ4v) is 3.93. The molecule has 8 heteroatoms. The Labute approximate surface area is 181 Å². The topological polar surface area (TPSA) is 86.3 Å². The van der Waals surface area contributed by atoms with Gasteiger partial charge in [0, 0.05) is 14.1 Å². The monoisotopic (exact) mass is 425 g/mol. The molecule has 1 amide bonds. The average Bonchev–Trinajstić information content (AvgIpc) is 3.10. The summed E-state index contributed by atoms with van der Waals surface area (Å²) in [5, 5.41) is 8.30. The SMILES string of the molecule is CC(C)c1ccc(OCc2nnc(S[C@H](C(=O)N(C)C)c3ccccc3)n2N)cc1. The maximum Gasteiger partial charge on any atom is 0.240 e. The van der Waals surface area contributed by atoms with Crippen LogP contribution >= 0.6 is 11.8 Å². The van der Waals surface area contributed by atoms with Crippen molar-refractivity contribution >= 4 is 17.7 Å². The van der Waals surface area contributed by atoms with Crippen molar-refractivity contribution in [1.29, 1.82) is 0 Å². The number of hydrogen-bond donors (Lipinski definition) is 1. The van der Waals surface area contributed by atoms with Crippen LogP contribution < -0.4 is 10.6 Å². The summed E-state index contributed by atoms with van der Waals surface area (Å²) in [5.41, 5.74) is 2.13. The summed E-state index contributed by atoms with van der Waals surface area (Å²) >= 11 is 1.27. The van der Waals surface area contributed by atoms with Gasteiger partial charge in [-0.1, -0.05) is 68.1 Å². The van der Waals surface area contributed by atoms with Crippen molar-refractivity contribution in [1.82, 2.24) is 19.8 Å². The smallest absolute Gasteiger partial charge is 0.240 e. The lowest BCUT2D eigenvalue weighted by Gasteiger charge is -2.20. The van der Waals surface area contributed by atoms with Crippen LogP contribution in [0.15, 0.2) is 59.8 Å². The number of carbonyl (C=O) groups is 1. The van der Waals surface area contributed by atoms with Gasteiger partial charge in [0.2, 0.25) is 11.1 Å². The zero-order valence-electron chi connectivity index (χ0n) is 17.6. The van der Waals surface area contributed by atoms with Crippen molar-refractivity contribution < 1.29 is 9.53 Å². The number of amides is 1. The number of carbonyl (C=O) groups excluding carboxylic acids is 1. The lowest BCUT2D eigenvalue weighted by atomic mass is 10.0. The Balaban J connectivity index is 1.72. The molecule has 0 unspecified atom stereocenters. The Bertz CT molecular complexity index is 971. The summed E-state index contributed by atoms with van der Waals surface area (Å²) in [6, 6.07) is 17.5. The quantitative estimate of drug-likeness (QED) is 0.438. The highest BCUT2D eigenvalue weighted by Gasteiger charge is 2.26. The van der Waals surface area contributed by atoms with Crippen molar-refractivity contribution in [2.45, 2.75) is 36.8 Å². The van der Waals surface area contributed by atoms with Crippen LogP contribution in [0.3, 0.4) is 0 Å². The van der Waals surface area contributed by atoms with Crippen LogP contribution in [0, 0.1) is 0 Å². The van der Waals surface area contributed by atoms with E-state index in [0.717, 1.165) is 11.3 Å². The first-order valence-electron chi connectivity index (χ1n) is 9.71. The van der Waals surface area contributed by atoms with Gasteiger partial charge in [0.05, 0.1) is 0 Å². The minimum absolute atomic E-state index is 0.0442. The number of ether oxygens (including phenoxy) is 1. The van der Waals surface area contributed by atoms with Gasteiger partial charge in [-0.3, -0.25) is 4.79 Å². The van der Waals surface area contributed by atoms with Crippen LogP contribution in [-0.2, 0) is 11.4 Å². The minimum Gasteiger partial charge on any atom is -0.486 e. The van der Waals surface area contributed by atoms with Gasteiger partial charge >= 0.3 is 0 Å². The van der Waals surface area contributed by atoms with Gasteiger partial charge in [-0.25, -0.2) is 4.68 Å². The van der Waals surface area contributed by atoms with E-state index in [4.69, 9.17) is 10.6 Å². The van der Waals surface area contributed by atoms with Crippen LogP contribution in [0.25, 0.3) is 0 Å². The Hall–Kier alpha value is -3.00. The second-order valence-electron chi connectivity index (χ2n) is 7.42. The molecule has 0 aliphatic carbocycles. The molecular weight excluding hydrogens is 398 g/mol. The summed E-state index contributed by atoms with van der Waals surface area (Å²) in [6.07, 6.45) is 0. The van der Waals surface area contributed by atoms with Gasteiger partial charge < -0.3 is 15.5 Å². The highest BCUT2D eigenvalue weighted by molar-refractivity contribution is 8.00. The predicted molar refractivity (Wildman–Crippen MR) is 119 cm³/mol. The van der Waals surface area contributed by atoms with Crippen molar-refractivity contribution in [3.63, 3.8) is 0 Å². The lowest BCUT2D eigenvalue weighted by molar-refractivity contribution is -0.128. The molecular formula is C22H27N5O2S. The van der Waals surface area contributed by atoms with Gasteiger partial charge in [0.25, 0.3) is 0 Å². The first-order chi connectivity index (χ1) is 14.4. The molecule has 0 fully saturated rings. The van der Waals surface area contributed by atoms with Crippen molar-refractivity contribution in [2.75, 3.05) is 19.9 Å². The average molecular weight is 426 g/mol.